The van der Waals surface area contributed by atoms with Gasteiger partial charge in [-0.1, -0.05) is 12.1 Å². The number of para-hydroxylation sites is 2. The van der Waals surface area contributed by atoms with Gasteiger partial charge in [-0.15, -0.1) is 0 Å². The number of rotatable bonds is 5. The Morgan fingerprint density at radius 1 is 1.30 bits per heavy atom. The minimum atomic E-state index is 0.253. The lowest BCUT2D eigenvalue weighted by molar-refractivity contribution is -0.132. The number of carbonyl (C=O) groups excluding carboxylic acids is 1. The average molecular weight is 315 g/mol. The highest BCUT2D eigenvalue weighted by Gasteiger charge is 2.17. The number of fused-ring (bicyclic) bond motifs is 1. The Morgan fingerprint density at radius 2 is 2.04 bits per heavy atom. The maximum atomic E-state index is 12.2. The summed E-state index contributed by atoms with van der Waals surface area (Å²) in [5, 5.41) is 3.27. The van der Waals surface area contributed by atoms with E-state index in [0.29, 0.717) is 6.42 Å². The van der Waals surface area contributed by atoms with E-state index in [4.69, 9.17) is 0 Å². The Labute approximate surface area is 137 Å². The molecule has 124 valence electrons. The number of nitrogens with zero attached hydrogens (tertiary/aromatic N) is 4. The van der Waals surface area contributed by atoms with Gasteiger partial charge in [0.15, 0.2) is 0 Å². The van der Waals surface area contributed by atoms with E-state index < -0.39 is 0 Å². The van der Waals surface area contributed by atoms with Crippen LogP contribution in [0.2, 0.25) is 0 Å². The fraction of sp³-hybridized carbons (Fsp3) is 0.529. The molecular formula is C17H25N5O. The number of piperazine rings is 1. The van der Waals surface area contributed by atoms with Crippen LogP contribution in [-0.4, -0.2) is 65.0 Å². The Balaban J connectivity index is 1.55. The van der Waals surface area contributed by atoms with Crippen molar-refractivity contribution >= 4 is 16.9 Å². The number of benzene rings is 1. The summed E-state index contributed by atoms with van der Waals surface area (Å²) in [7, 11) is 4.09. The lowest BCUT2D eigenvalue weighted by Crippen LogP contribution is -2.47. The molecule has 6 nitrogen and oxygen atoms in total. The molecular weight excluding hydrogens is 290 g/mol. The molecule has 0 atom stereocenters. The third-order valence-corrected chi connectivity index (χ3v) is 4.47. The van der Waals surface area contributed by atoms with Crippen LogP contribution in [0, 0.1) is 0 Å². The molecule has 2 heterocycles. The second-order valence-corrected chi connectivity index (χ2v) is 6.19. The smallest absolute Gasteiger partial charge is 0.223 e. The molecule has 1 aliphatic rings. The molecule has 1 aliphatic heterocycles. The first-order valence-corrected chi connectivity index (χ1v) is 8.22. The topological polar surface area (TPSA) is 53.4 Å². The number of imidazole rings is 1. The molecule has 0 saturated carbocycles. The van der Waals surface area contributed by atoms with Crippen LogP contribution < -0.4 is 5.32 Å². The van der Waals surface area contributed by atoms with E-state index >= 15 is 0 Å². The van der Waals surface area contributed by atoms with Gasteiger partial charge in [0, 0.05) is 46.2 Å². The highest BCUT2D eigenvalue weighted by atomic mass is 16.2. The standard InChI is InChI=1S/C17H25N5O/c1-20(10-7-17(23)22-11-8-18-9-12-22)13-16-19-14-5-3-4-6-15(14)21(16)2/h3-6,18H,7-13H2,1-2H3. The van der Waals surface area contributed by atoms with Crippen LogP contribution in [0.3, 0.4) is 0 Å². The molecule has 6 heteroatoms. The Hall–Kier alpha value is -1.92. The molecule has 0 aliphatic carbocycles. The Bertz CT molecular complexity index is 675. The highest BCUT2D eigenvalue weighted by Crippen LogP contribution is 2.15. The van der Waals surface area contributed by atoms with Crippen LogP contribution in [0.5, 0.6) is 0 Å². The summed E-state index contributed by atoms with van der Waals surface area (Å²) in [6, 6.07) is 8.16. The highest BCUT2D eigenvalue weighted by molar-refractivity contribution is 5.76. The molecule has 0 bridgehead atoms. The SMILES string of the molecule is CN(CCC(=O)N1CCNCC1)Cc1nc2ccccc2n1C. The third-order valence-electron chi connectivity index (χ3n) is 4.47. The number of aromatic nitrogens is 2. The van der Waals surface area contributed by atoms with Crippen molar-refractivity contribution in [2.24, 2.45) is 7.05 Å². The molecule has 0 spiro atoms. The molecule has 1 aromatic carbocycles. The zero-order chi connectivity index (χ0) is 16.2. The molecule has 1 N–H and O–H groups in total. The van der Waals surface area contributed by atoms with Crippen LogP contribution in [-0.2, 0) is 18.4 Å². The summed E-state index contributed by atoms with van der Waals surface area (Å²) in [5.41, 5.74) is 2.17. The monoisotopic (exact) mass is 315 g/mol. The van der Waals surface area contributed by atoms with Gasteiger partial charge in [0.05, 0.1) is 17.6 Å². The van der Waals surface area contributed by atoms with Crippen molar-refractivity contribution in [3.8, 4) is 0 Å². The van der Waals surface area contributed by atoms with E-state index in [-0.39, 0.29) is 5.91 Å². The normalized spacial score (nSPS) is 15.5. The third kappa shape index (κ3) is 3.71. The second-order valence-electron chi connectivity index (χ2n) is 6.19. The number of carbonyl (C=O) groups is 1. The molecule has 1 amide bonds. The van der Waals surface area contributed by atoms with E-state index in [2.05, 4.69) is 25.8 Å². The fourth-order valence-electron chi connectivity index (χ4n) is 3.02. The van der Waals surface area contributed by atoms with Gasteiger partial charge in [0.1, 0.15) is 5.82 Å². The summed E-state index contributed by atoms with van der Waals surface area (Å²) >= 11 is 0. The molecule has 1 fully saturated rings. The van der Waals surface area contributed by atoms with Crippen LogP contribution in [0.15, 0.2) is 24.3 Å². The van der Waals surface area contributed by atoms with Crippen molar-refractivity contribution in [1.82, 2.24) is 24.7 Å². The predicted molar refractivity (Wildman–Crippen MR) is 91.1 cm³/mol. The first-order chi connectivity index (χ1) is 11.1. The quantitative estimate of drug-likeness (QED) is 0.888. The zero-order valence-electron chi connectivity index (χ0n) is 14.0. The molecule has 1 saturated heterocycles. The molecule has 23 heavy (non-hydrogen) atoms. The number of amides is 1. The molecule has 0 unspecified atom stereocenters. The summed E-state index contributed by atoms with van der Waals surface area (Å²) in [5.74, 6) is 1.28. The molecule has 3 rings (SSSR count). The van der Waals surface area contributed by atoms with Gasteiger partial charge >= 0.3 is 0 Å². The first kappa shape index (κ1) is 16.0. The van der Waals surface area contributed by atoms with Gasteiger partial charge in [-0.2, -0.15) is 0 Å². The number of hydrogen-bond acceptors (Lipinski definition) is 4. The summed E-state index contributed by atoms with van der Waals surface area (Å²) in [6.45, 7) is 4.97. The fourth-order valence-corrected chi connectivity index (χ4v) is 3.02. The van der Waals surface area contributed by atoms with E-state index in [9.17, 15) is 4.79 Å². The largest absolute Gasteiger partial charge is 0.340 e. The molecule has 2 aromatic rings. The van der Waals surface area contributed by atoms with Crippen LogP contribution in [0.1, 0.15) is 12.2 Å². The lowest BCUT2D eigenvalue weighted by Gasteiger charge is -2.28. The van der Waals surface area contributed by atoms with Crippen molar-refractivity contribution in [1.29, 1.82) is 0 Å². The lowest BCUT2D eigenvalue weighted by atomic mass is 10.3. The van der Waals surface area contributed by atoms with Crippen molar-refractivity contribution in [2.75, 3.05) is 39.8 Å². The average Bonchev–Trinajstić information content (AvgIpc) is 2.90. The van der Waals surface area contributed by atoms with Gasteiger partial charge in [-0.3, -0.25) is 9.69 Å². The van der Waals surface area contributed by atoms with E-state index in [0.717, 1.165) is 56.1 Å². The first-order valence-electron chi connectivity index (χ1n) is 8.22. The van der Waals surface area contributed by atoms with E-state index in [1.807, 2.05) is 37.2 Å². The summed E-state index contributed by atoms with van der Waals surface area (Å²) in [4.78, 5) is 21.0. The van der Waals surface area contributed by atoms with Crippen molar-refractivity contribution in [3.63, 3.8) is 0 Å². The maximum absolute atomic E-state index is 12.2. The number of hydrogen-bond donors (Lipinski definition) is 1. The van der Waals surface area contributed by atoms with Gasteiger partial charge in [0.2, 0.25) is 5.91 Å². The summed E-state index contributed by atoms with van der Waals surface area (Å²) in [6.07, 6.45) is 0.570. The van der Waals surface area contributed by atoms with Gasteiger partial charge in [-0.25, -0.2) is 4.98 Å². The van der Waals surface area contributed by atoms with Crippen molar-refractivity contribution in [2.45, 2.75) is 13.0 Å². The molecule has 1 aromatic heterocycles. The Kier molecular flexibility index (Phi) is 4.93. The maximum Gasteiger partial charge on any atom is 0.223 e. The van der Waals surface area contributed by atoms with Crippen LogP contribution in [0.25, 0.3) is 11.0 Å². The van der Waals surface area contributed by atoms with E-state index in [1.165, 1.54) is 0 Å². The van der Waals surface area contributed by atoms with Crippen molar-refractivity contribution < 1.29 is 4.79 Å². The van der Waals surface area contributed by atoms with Gasteiger partial charge in [-0.05, 0) is 19.2 Å². The van der Waals surface area contributed by atoms with E-state index in [1.54, 1.807) is 0 Å². The van der Waals surface area contributed by atoms with Crippen molar-refractivity contribution in [3.05, 3.63) is 30.1 Å². The van der Waals surface area contributed by atoms with Gasteiger partial charge in [0.25, 0.3) is 0 Å². The Morgan fingerprint density at radius 3 is 2.78 bits per heavy atom. The number of aryl methyl sites for hydroxylation is 1. The zero-order valence-corrected chi connectivity index (χ0v) is 14.0. The van der Waals surface area contributed by atoms with Crippen LogP contribution >= 0.6 is 0 Å². The minimum Gasteiger partial charge on any atom is -0.340 e. The minimum absolute atomic E-state index is 0.253. The predicted octanol–water partition coefficient (Wildman–Crippen LogP) is 0.827. The summed E-state index contributed by atoms with van der Waals surface area (Å²) < 4.78 is 2.13. The van der Waals surface area contributed by atoms with Crippen LogP contribution in [0.4, 0.5) is 0 Å². The van der Waals surface area contributed by atoms with Gasteiger partial charge < -0.3 is 14.8 Å². The second kappa shape index (κ2) is 7.10. The number of nitrogens with one attached hydrogen (secondary N) is 1. The molecule has 0 radical (unpaired) electrons.